The van der Waals surface area contributed by atoms with Crippen molar-refractivity contribution in [3.05, 3.63) is 78.3 Å². The maximum atomic E-state index is 12.1. The molecule has 0 aliphatic heterocycles. The molecule has 0 bridgehead atoms. The predicted octanol–water partition coefficient (Wildman–Crippen LogP) is 3.27. The fourth-order valence-corrected chi connectivity index (χ4v) is 2.02. The third-order valence-electron chi connectivity index (χ3n) is 3.13. The lowest BCUT2D eigenvalue weighted by Crippen LogP contribution is -2.22. The molecule has 0 aliphatic rings. The number of rotatable bonds is 4. The minimum atomic E-state index is -0.107. The first-order valence-electron chi connectivity index (χ1n) is 6.64. The molecule has 3 rings (SSSR count). The van der Waals surface area contributed by atoms with E-state index in [9.17, 15) is 4.79 Å². The van der Waals surface area contributed by atoms with Crippen LogP contribution >= 0.6 is 0 Å². The van der Waals surface area contributed by atoms with Gasteiger partial charge in [-0.05, 0) is 35.9 Å². The first kappa shape index (κ1) is 13.1. The van der Waals surface area contributed by atoms with Crippen molar-refractivity contribution >= 4 is 5.91 Å². The molecule has 0 atom stereocenters. The van der Waals surface area contributed by atoms with Gasteiger partial charge in [0.2, 0.25) is 0 Å². The van der Waals surface area contributed by atoms with E-state index in [0.717, 1.165) is 16.9 Å². The van der Waals surface area contributed by atoms with Crippen molar-refractivity contribution in [2.45, 2.75) is 6.54 Å². The number of carbonyl (C=O) groups excluding carboxylic acids is 1. The Morgan fingerprint density at radius 3 is 2.62 bits per heavy atom. The second-order valence-corrected chi connectivity index (χ2v) is 4.60. The zero-order valence-electron chi connectivity index (χ0n) is 11.3. The van der Waals surface area contributed by atoms with E-state index < -0.39 is 0 Å². The van der Waals surface area contributed by atoms with E-state index >= 15 is 0 Å². The van der Waals surface area contributed by atoms with Gasteiger partial charge in [0.25, 0.3) is 5.91 Å². The smallest absolute Gasteiger partial charge is 0.251 e. The maximum absolute atomic E-state index is 12.1. The Bertz CT molecular complexity index is 704. The van der Waals surface area contributed by atoms with E-state index in [-0.39, 0.29) is 5.91 Å². The summed E-state index contributed by atoms with van der Waals surface area (Å²) in [6, 6.07) is 14.8. The number of nitrogens with one attached hydrogen (secondary N) is 1. The third kappa shape index (κ3) is 3.17. The van der Waals surface area contributed by atoms with Crippen LogP contribution in [0.4, 0.5) is 0 Å². The Kier molecular flexibility index (Phi) is 3.78. The Balaban J connectivity index is 1.65. The van der Waals surface area contributed by atoms with Gasteiger partial charge < -0.3 is 9.73 Å². The summed E-state index contributed by atoms with van der Waals surface area (Å²) in [7, 11) is 0. The average molecular weight is 278 g/mol. The lowest BCUT2D eigenvalue weighted by atomic mass is 10.1. The molecule has 1 amide bonds. The van der Waals surface area contributed by atoms with Gasteiger partial charge in [0.05, 0.1) is 6.26 Å². The van der Waals surface area contributed by atoms with Gasteiger partial charge in [-0.1, -0.05) is 18.2 Å². The second kappa shape index (κ2) is 6.05. The van der Waals surface area contributed by atoms with Crippen molar-refractivity contribution in [2.75, 3.05) is 0 Å². The van der Waals surface area contributed by atoms with Crippen LogP contribution in [0.25, 0.3) is 11.3 Å². The highest BCUT2D eigenvalue weighted by molar-refractivity contribution is 5.94. The minimum absolute atomic E-state index is 0.107. The SMILES string of the molecule is O=C(NCc1cccnc1)c1ccc(-c2ccco2)cc1. The topological polar surface area (TPSA) is 55.1 Å². The highest BCUT2D eigenvalue weighted by atomic mass is 16.3. The Labute approximate surface area is 122 Å². The average Bonchev–Trinajstić information content (AvgIpc) is 3.08. The van der Waals surface area contributed by atoms with Crippen molar-refractivity contribution in [2.24, 2.45) is 0 Å². The molecule has 0 fully saturated rings. The van der Waals surface area contributed by atoms with Gasteiger partial charge in [-0.15, -0.1) is 0 Å². The molecule has 4 nitrogen and oxygen atoms in total. The number of pyridine rings is 1. The van der Waals surface area contributed by atoms with Gasteiger partial charge in [0.15, 0.2) is 0 Å². The summed E-state index contributed by atoms with van der Waals surface area (Å²) in [4.78, 5) is 16.1. The van der Waals surface area contributed by atoms with Crippen molar-refractivity contribution in [1.29, 1.82) is 0 Å². The highest BCUT2D eigenvalue weighted by Crippen LogP contribution is 2.19. The van der Waals surface area contributed by atoms with E-state index in [0.29, 0.717) is 12.1 Å². The van der Waals surface area contributed by atoms with E-state index in [1.807, 2.05) is 36.4 Å². The predicted molar refractivity (Wildman–Crippen MR) is 79.6 cm³/mol. The monoisotopic (exact) mass is 278 g/mol. The lowest BCUT2D eigenvalue weighted by molar-refractivity contribution is 0.0951. The summed E-state index contributed by atoms with van der Waals surface area (Å²) in [5, 5.41) is 2.87. The maximum Gasteiger partial charge on any atom is 0.251 e. The number of carbonyl (C=O) groups is 1. The van der Waals surface area contributed by atoms with Gasteiger partial charge in [0, 0.05) is 30.1 Å². The number of hydrogen-bond acceptors (Lipinski definition) is 3. The minimum Gasteiger partial charge on any atom is -0.464 e. The summed E-state index contributed by atoms with van der Waals surface area (Å²) in [6.07, 6.45) is 5.07. The molecular weight excluding hydrogens is 264 g/mol. The number of aromatic nitrogens is 1. The van der Waals surface area contributed by atoms with Crippen LogP contribution in [0.1, 0.15) is 15.9 Å². The number of nitrogens with zero attached hydrogens (tertiary/aromatic N) is 1. The molecular formula is C17H14N2O2. The van der Waals surface area contributed by atoms with E-state index in [4.69, 9.17) is 4.42 Å². The largest absolute Gasteiger partial charge is 0.464 e. The zero-order valence-corrected chi connectivity index (χ0v) is 11.3. The van der Waals surface area contributed by atoms with Crippen LogP contribution < -0.4 is 5.32 Å². The van der Waals surface area contributed by atoms with E-state index in [1.165, 1.54) is 0 Å². The summed E-state index contributed by atoms with van der Waals surface area (Å²) >= 11 is 0. The molecule has 3 aromatic rings. The number of furan rings is 1. The lowest BCUT2D eigenvalue weighted by Gasteiger charge is -2.05. The summed E-state index contributed by atoms with van der Waals surface area (Å²) in [5.74, 6) is 0.683. The fraction of sp³-hybridized carbons (Fsp3) is 0.0588. The van der Waals surface area contributed by atoms with Crippen LogP contribution in [0.5, 0.6) is 0 Å². The first-order chi connectivity index (χ1) is 10.3. The van der Waals surface area contributed by atoms with Gasteiger partial charge in [0.1, 0.15) is 5.76 Å². The van der Waals surface area contributed by atoms with Crippen molar-refractivity contribution in [1.82, 2.24) is 10.3 Å². The number of hydrogen-bond donors (Lipinski definition) is 1. The van der Waals surface area contributed by atoms with Crippen LogP contribution in [0.15, 0.2) is 71.6 Å². The molecule has 2 heterocycles. The third-order valence-corrected chi connectivity index (χ3v) is 3.13. The van der Waals surface area contributed by atoms with Gasteiger partial charge in [-0.2, -0.15) is 0 Å². The highest BCUT2D eigenvalue weighted by Gasteiger charge is 2.06. The van der Waals surface area contributed by atoms with Crippen LogP contribution in [0, 0.1) is 0 Å². The molecule has 0 radical (unpaired) electrons. The molecule has 1 N–H and O–H groups in total. The Hall–Kier alpha value is -2.88. The van der Waals surface area contributed by atoms with Crippen molar-refractivity contribution < 1.29 is 9.21 Å². The van der Waals surface area contributed by atoms with Gasteiger partial charge in [-0.25, -0.2) is 0 Å². The van der Waals surface area contributed by atoms with Crippen molar-refractivity contribution in [3.8, 4) is 11.3 Å². The standard InChI is InChI=1S/C17H14N2O2/c20-17(19-12-13-3-1-9-18-11-13)15-7-5-14(6-8-15)16-4-2-10-21-16/h1-11H,12H2,(H,19,20). The van der Waals surface area contributed by atoms with Crippen LogP contribution in [0.3, 0.4) is 0 Å². The molecule has 4 heteroatoms. The molecule has 0 saturated heterocycles. The van der Waals surface area contributed by atoms with Crippen LogP contribution in [-0.4, -0.2) is 10.9 Å². The van der Waals surface area contributed by atoms with Crippen LogP contribution in [0.2, 0.25) is 0 Å². The molecule has 2 aromatic heterocycles. The van der Waals surface area contributed by atoms with Gasteiger partial charge >= 0.3 is 0 Å². The van der Waals surface area contributed by atoms with Crippen LogP contribution in [-0.2, 0) is 6.54 Å². The first-order valence-corrected chi connectivity index (χ1v) is 6.64. The summed E-state index contributed by atoms with van der Waals surface area (Å²) in [5.41, 5.74) is 2.54. The summed E-state index contributed by atoms with van der Waals surface area (Å²) < 4.78 is 5.32. The molecule has 0 saturated carbocycles. The number of benzene rings is 1. The zero-order chi connectivity index (χ0) is 14.5. The molecule has 0 spiro atoms. The Morgan fingerprint density at radius 1 is 1.10 bits per heavy atom. The van der Waals surface area contributed by atoms with Gasteiger partial charge in [-0.3, -0.25) is 9.78 Å². The Morgan fingerprint density at radius 2 is 1.95 bits per heavy atom. The second-order valence-electron chi connectivity index (χ2n) is 4.60. The molecule has 21 heavy (non-hydrogen) atoms. The van der Waals surface area contributed by atoms with Crippen molar-refractivity contribution in [3.63, 3.8) is 0 Å². The molecule has 1 aromatic carbocycles. The van der Waals surface area contributed by atoms with E-state index in [1.54, 1.807) is 30.8 Å². The quantitative estimate of drug-likeness (QED) is 0.797. The van der Waals surface area contributed by atoms with E-state index in [2.05, 4.69) is 10.3 Å². The number of amides is 1. The summed E-state index contributed by atoms with van der Waals surface area (Å²) in [6.45, 7) is 0.465. The molecule has 0 aliphatic carbocycles. The molecule has 0 unspecified atom stereocenters. The normalized spacial score (nSPS) is 10.3. The fourth-order valence-electron chi connectivity index (χ4n) is 2.02. The molecule has 104 valence electrons.